The van der Waals surface area contributed by atoms with Gasteiger partial charge in [-0.15, -0.1) is 0 Å². The molecule has 2 unspecified atom stereocenters. The second kappa shape index (κ2) is 2.58. The fourth-order valence-corrected chi connectivity index (χ4v) is 1.55. The molecular weight excluding hydrogens is 128 g/mol. The molecule has 0 aromatic heterocycles. The number of hydrogen-bond acceptors (Lipinski definition) is 2. The second-order valence-electron chi connectivity index (χ2n) is 2.95. The summed E-state index contributed by atoms with van der Waals surface area (Å²) in [6.45, 7) is 4.10. The van der Waals surface area contributed by atoms with Gasteiger partial charge in [0, 0.05) is 6.42 Å². The molecule has 1 rings (SSSR count). The van der Waals surface area contributed by atoms with Crippen LogP contribution in [0.25, 0.3) is 0 Å². The molecule has 2 N–H and O–H groups in total. The molecule has 0 saturated carbocycles. The van der Waals surface area contributed by atoms with Crippen LogP contribution in [0.5, 0.6) is 0 Å². The van der Waals surface area contributed by atoms with Gasteiger partial charge in [-0.25, -0.2) is 5.06 Å². The highest BCUT2D eigenvalue weighted by Gasteiger charge is 2.32. The van der Waals surface area contributed by atoms with Crippen molar-refractivity contribution in [3.8, 4) is 0 Å². The molecule has 1 fully saturated rings. The van der Waals surface area contributed by atoms with Crippen LogP contribution in [0.4, 0.5) is 0 Å². The molecule has 1 aliphatic heterocycles. The molecule has 2 atom stereocenters. The van der Waals surface area contributed by atoms with Crippen LogP contribution in [0.3, 0.4) is 0 Å². The summed E-state index contributed by atoms with van der Waals surface area (Å²) in [7, 11) is 0. The van der Waals surface area contributed by atoms with Gasteiger partial charge in [-0.3, -0.25) is 10.6 Å². The number of hydroxylamine groups is 2. The Labute approximate surface area is 61.1 Å². The van der Waals surface area contributed by atoms with Crippen LogP contribution in [0.15, 0.2) is 0 Å². The molecular formula is C7H14N2O. The first-order valence-corrected chi connectivity index (χ1v) is 3.72. The summed E-state index contributed by atoms with van der Waals surface area (Å²) < 4.78 is 0. The van der Waals surface area contributed by atoms with Crippen molar-refractivity contribution in [3.05, 3.63) is 0 Å². The Morgan fingerprint density at radius 3 is 2.60 bits per heavy atom. The average Bonchev–Trinajstić information content (AvgIpc) is 2.09. The summed E-state index contributed by atoms with van der Waals surface area (Å²) in [5.74, 6) is 0.793. The molecule has 10 heavy (non-hydrogen) atoms. The van der Waals surface area contributed by atoms with E-state index in [2.05, 4.69) is 6.92 Å². The van der Waals surface area contributed by atoms with E-state index in [4.69, 9.17) is 5.41 Å². The third-order valence-corrected chi connectivity index (χ3v) is 2.18. The van der Waals surface area contributed by atoms with Crippen molar-refractivity contribution in [2.75, 3.05) is 0 Å². The minimum Gasteiger partial charge on any atom is -0.287 e. The fraction of sp³-hybridized carbons (Fsp3) is 0.857. The predicted molar refractivity (Wildman–Crippen MR) is 39.2 cm³/mol. The van der Waals surface area contributed by atoms with Gasteiger partial charge in [0.2, 0.25) is 0 Å². The summed E-state index contributed by atoms with van der Waals surface area (Å²) in [6.07, 6.45) is 1.63. The monoisotopic (exact) mass is 142 g/mol. The molecule has 0 radical (unpaired) electrons. The summed E-state index contributed by atoms with van der Waals surface area (Å²) in [5.41, 5.74) is 0. The molecule has 0 spiro atoms. The van der Waals surface area contributed by atoms with Crippen molar-refractivity contribution in [1.29, 1.82) is 5.41 Å². The Hall–Kier alpha value is -0.570. The number of nitrogens with one attached hydrogen (secondary N) is 1. The van der Waals surface area contributed by atoms with E-state index < -0.39 is 0 Å². The van der Waals surface area contributed by atoms with E-state index in [-0.39, 0.29) is 6.04 Å². The second-order valence-corrected chi connectivity index (χ2v) is 2.95. The lowest BCUT2D eigenvalue weighted by Gasteiger charge is -2.19. The summed E-state index contributed by atoms with van der Waals surface area (Å²) in [6, 6.07) is 0.174. The molecule has 3 nitrogen and oxygen atoms in total. The van der Waals surface area contributed by atoms with Gasteiger partial charge in [0.1, 0.15) is 5.84 Å². The van der Waals surface area contributed by atoms with Crippen molar-refractivity contribution in [3.63, 3.8) is 0 Å². The molecule has 3 heteroatoms. The van der Waals surface area contributed by atoms with E-state index in [1.54, 1.807) is 0 Å². The van der Waals surface area contributed by atoms with Crippen molar-refractivity contribution in [1.82, 2.24) is 5.06 Å². The maximum Gasteiger partial charge on any atom is 0.121 e. The van der Waals surface area contributed by atoms with E-state index in [0.29, 0.717) is 11.8 Å². The lowest BCUT2D eigenvalue weighted by molar-refractivity contribution is -0.0527. The average molecular weight is 142 g/mol. The van der Waals surface area contributed by atoms with Gasteiger partial charge >= 0.3 is 0 Å². The Kier molecular flexibility index (Phi) is 1.94. The molecule has 0 aliphatic carbocycles. The minimum absolute atomic E-state index is 0.174. The van der Waals surface area contributed by atoms with E-state index in [0.717, 1.165) is 17.9 Å². The minimum atomic E-state index is 0.174. The van der Waals surface area contributed by atoms with Crippen LogP contribution in [0.1, 0.15) is 26.7 Å². The number of amidine groups is 1. The van der Waals surface area contributed by atoms with Crippen molar-refractivity contribution in [2.45, 2.75) is 32.7 Å². The first-order valence-electron chi connectivity index (χ1n) is 3.72. The van der Waals surface area contributed by atoms with Crippen LogP contribution >= 0.6 is 0 Å². The SMILES string of the molecule is CCC1C(C)CC(=N)N1O. The molecule has 0 bridgehead atoms. The number of nitrogens with zero attached hydrogens (tertiary/aromatic N) is 1. The lowest BCUT2D eigenvalue weighted by atomic mass is 10.0. The first kappa shape index (κ1) is 7.54. The van der Waals surface area contributed by atoms with E-state index >= 15 is 0 Å². The molecule has 1 aliphatic rings. The smallest absolute Gasteiger partial charge is 0.121 e. The van der Waals surface area contributed by atoms with Gasteiger partial charge in [-0.1, -0.05) is 13.8 Å². The third-order valence-electron chi connectivity index (χ3n) is 2.18. The van der Waals surface area contributed by atoms with Crippen molar-refractivity contribution >= 4 is 5.84 Å². The molecule has 0 aromatic rings. The molecule has 58 valence electrons. The molecule has 1 heterocycles. The summed E-state index contributed by atoms with van der Waals surface area (Å²) >= 11 is 0. The van der Waals surface area contributed by atoms with Crippen molar-refractivity contribution < 1.29 is 5.21 Å². The zero-order chi connectivity index (χ0) is 7.72. The summed E-state index contributed by atoms with van der Waals surface area (Å²) in [5, 5.41) is 17.6. The summed E-state index contributed by atoms with van der Waals surface area (Å²) in [4.78, 5) is 0. The molecule has 1 saturated heterocycles. The van der Waals surface area contributed by atoms with Gasteiger partial charge < -0.3 is 0 Å². The molecule has 0 amide bonds. The zero-order valence-corrected chi connectivity index (χ0v) is 6.46. The van der Waals surface area contributed by atoms with Gasteiger partial charge in [-0.2, -0.15) is 0 Å². The topological polar surface area (TPSA) is 47.3 Å². The normalized spacial score (nSPS) is 33.5. The predicted octanol–water partition coefficient (Wildman–Crippen LogP) is 1.47. The van der Waals surface area contributed by atoms with Crippen LogP contribution in [0, 0.1) is 11.3 Å². The highest BCUT2D eigenvalue weighted by molar-refractivity contribution is 5.80. The van der Waals surface area contributed by atoms with Gasteiger partial charge in [0.25, 0.3) is 0 Å². The van der Waals surface area contributed by atoms with Crippen molar-refractivity contribution in [2.24, 2.45) is 5.92 Å². The van der Waals surface area contributed by atoms with Gasteiger partial charge in [0.05, 0.1) is 6.04 Å². The quantitative estimate of drug-likeness (QED) is 0.582. The van der Waals surface area contributed by atoms with Gasteiger partial charge in [-0.05, 0) is 12.3 Å². The molecule has 0 aromatic carbocycles. The van der Waals surface area contributed by atoms with Crippen LogP contribution < -0.4 is 0 Å². The third kappa shape index (κ3) is 1.01. The highest BCUT2D eigenvalue weighted by atomic mass is 16.5. The van der Waals surface area contributed by atoms with E-state index in [1.807, 2.05) is 6.92 Å². The maximum absolute atomic E-state index is 9.24. The Morgan fingerprint density at radius 2 is 2.40 bits per heavy atom. The van der Waals surface area contributed by atoms with Gasteiger partial charge in [0.15, 0.2) is 0 Å². The Bertz CT molecular complexity index is 147. The van der Waals surface area contributed by atoms with Crippen LogP contribution in [0.2, 0.25) is 0 Å². The number of rotatable bonds is 1. The Balaban J connectivity index is 2.64. The highest BCUT2D eigenvalue weighted by Crippen LogP contribution is 2.25. The maximum atomic E-state index is 9.24. The van der Waals surface area contributed by atoms with E-state index in [1.165, 1.54) is 0 Å². The Morgan fingerprint density at radius 1 is 1.80 bits per heavy atom. The zero-order valence-electron chi connectivity index (χ0n) is 6.46. The van der Waals surface area contributed by atoms with E-state index in [9.17, 15) is 5.21 Å². The van der Waals surface area contributed by atoms with Crippen LogP contribution in [-0.4, -0.2) is 22.1 Å². The largest absolute Gasteiger partial charge is 0.287 e. The van der Waals surface area contributed by atoms with Crippen LogP contribution in [-0.2, 0) is 0 Å². The lowest BCUT2D eigenvalue weighted by Crippen LogP contribution is -2.30. The fourth-order valence-electron chi connectivity index (χ4n) is 1.55. The number of hydrogen-bond donors (Lipinski definition) is 2. The first-order chi connectivity index (χ1) is 4.66. The standard InChI is InChI=1S/C7H14N2O/c1-3-6-5(2)4-7(8)9(6)10/h5-6,8,10H,3-4H2,1-2H3.